The number of amides is 2. The predicted molar refractivity (Wildman–Crippen MR) is 174 cm³/mol. The van der Waals surface area contributed by atoms with Crippen LogP contribution in [0.5, 0.6) is 11.6 Å². The van der Waals surface area contributed by atoms with Crippen molar-refractivity contribution in [2.45, 2.75) is 25.4 Å². The first-order chi connectivity index (χ1) is 20.2. The smallest absolute Gasteiger partial charge is 0.326 e. The second kappa shape index (κ2) is 15.7. The highest BCUT2D eigenvalue weighted by Gasteiger charge is 2.29. The summed E-state index contributed by atoms with van der Waals surface area (Å²) < 4.78 is 44.2. The average molecular weight is 664 g/mol. The van der Waals surface area contributed by atoms with Crippen molar-refractivity contribution in [1.29, 1.82) is 0 Å². The van der Waals surface area contributed by atoms with Crippen LogP contribution in [0.2, 0.25) is 0 Å². The van der Waals surface area contributed by atoms with E-state index in [1.54, 1.807) is 53.7 Å². The molecule has 0 bridgehead atoms. The number of hydrogen-bond acceptors (Lipinski definition) is 7. The first-order valence-corrected chi connectivity index (χ1v) is 15.3. The van der Waals surface area contributed by atoms with Gasteiger partial charge in [-0.1, -0.05) is 18.2 Å². The van der Waals surface area contributed by atoms with Crippen LogP contribution < -0.4 is 19.7 Å². The highest BCUT2D eigenvalue weighted by molar-refractivity contribution is 7.92. The first kappa shape index (κ1) is 34.5. The van der Waals surface area contributed by atoms with Crippen molar-refractivity contribution < 1.29 is 22.3 Å². The molecular formula is C30H33Cl2FN6O4S. The lowest BCUT2D eigenvalue weighted by Crippen LogP contribution is -2.49. The molecular weight excluding hydrogens is 630 g/mol. The normalized spacial score (nSPS) is 13.6. The number of sulfonamides is 1. The summed E-state index contributed by atoms with van der Waals surface area (Å²) in [6.07, 6.45) is 5.86. The monoisotopic (exact) mass is 662 g/mol. The Kier molecular flexibility index (Phi) is 12.3. The Balaban J connectivity index is 0.00000264. The molecule has 5 rings (SSSR count). The summed E-state index contributed by atoms with van der Waals surface area (Å²) in [4.78, 5) is 26.3. The molecule has 3 aromatic carbocycles. The molecule has 0 saturated carbocycles. The van der Waals surface area contributed by atoms with Crippen LogP contribution in [0.25, 0.3) is 0 Å². The Hall–Kier alpha value is -3.97. The second-order valence-corrected chi connectivity index (χ2v) is 11.7. The van der Waals surface area contributed by atoms with Crippen molar-refractivity contribution in [1.82, 2.24) is 14.9 Å². The van der Waals surface area contributed by atoms with E-state index in [1.807, 2.05) is 30.3 Å². The maximum atomic E-state index is 13.4. The van der Waals surface area contributed by atoms with E-state index < -0.39 is 10.0 Å². The van der Waals surface area contributed by atoms with Crippen LogP contribution in [0.4, 0.5) is 26.2 Å². The van der Waals surface area contributed by atoms with Gasteiger partial charge in [-0.05, 0) is 73.5 Å². The SMILES string of the molecule is CS(=O)(=O)Nc1ccc(Oc2cnc(CN3CCC(N(C(=O)Nc4ccc(F)cc4)c4ccccc4)CC3)cn2)cc1.Cl.Cl. The van der Waals surface area contributed by atoms with Crippen LogP contribution in [0.15, 0.2) is 91.3 Å². The molecule has 44 heavy (non-hydrogen) atoms. The summed E-state index contributed by atoms with van der Waals surface area (Å²) in [6, 6.07) is 21.5. The molecule has 14 heteroatoms. The lowest BCUT2D eigenvalue weighted by molar-refractivity contribution is 0.197. The predicted octanol–water partition coefficient (Wildman–Crippen LogP) is 6.33. The van der Waals surface area contributed by atoms with E-state index in [4.69, 9.17) is 4.74 Å². The Bertz CT molecular complexity index is 1590. The lowest BCUT2D eigenvalue weighted by Gasteiger charge is -2.38. The number of rotatable bonds is 9. The fourth-order valence-electron chi connectivity index (χ4n) is 4.77. The Morgan fingerprint density at radius 1 is 0.932 bits per heavy atom. The summed E-state index contributed by atoms with van der Waals surface area (Å²) in [5.74, 6) is 0.472. The number of ether oxygens (including phenoxy) is 1. The molecule has 234 valence electrons. The number of carbonyl (C=O) groups excluding carboxylic acids is 1. The second-order valence-electron chi connectivity index (χ2n) is 10.00. The van der Waals surface area contributed by atoms with Crippen LogP contribution in [0.3, 0.4) is 0 Å². The number of hydrogen-bond donors (Lipinski definition) is 2. The summed E-state index contributed by atoms with van der Waals surface area (Å²) in [6.45, 7) is 2.15. The fourth-order valence-corrected chi connectivity index (χ4v) is 5.33. The summed E-state index contributed by atoms with van der Waals surface area (Å²) >= 11 is 0. The Morgan fingerprint density at radius 3 is 2.16 bits per heavy atom. The molecule has 1 aromatic heterocycles. The highest BCUT2D eigenvalue weighted by atomic mass is 35.5. The van der Waals surface area contributed by atoms with Crippen LogP contribution in [-0.2, 0) is 16.6 Å². The molecule has 4 aromatic rings. The van der Waals surface area contributed by atoms with E-state index in [0.717, 1.165) is 43.6 Å². The van der Waals surface area contributed by atoms with Gasteiger partial charge >= 0.3 is 6.03 Å². The van der Waals surface area contributed by atoms with Crippen LogP contribution in [-0.4, -0.2) is 54.7 Å². The van der Waals surface area contributed by atoms with Crippen LogP contribution >= 0.6 is 24.8 Å². The largest absolute Gasteiger partial charge is 0.438 e. The van der Waals surface area contributed by atoms with E-state index in [9.17, 15) is 17.6 Å². The summed E-state index contributed by atoms with van der Waals surface area (Å²) in [5.41, 5.74) is 2.57. The number of anilines is 3. The number of para-hydroxylation sites is 1. The van der Waals surface area contributed by atoms with Crippen molar-refractivity contribution in [2.24, 2.45) is 0 Å². The van der Waals surface area contributed by atoms with Crippen molar-refractivity contribution in [3.63, 3.8) is 0 Å². The molecule has 1 aliphatic heterocycles. The molecule has 0 atom stereocenters. The standard InChI is InChI=1S/C30H31FN6O4S.2ClH/c1-42(39,40)35-24-11-13-28(14-12-24)41-29-20-32-25(19-33-29)21-36-17-15-27(16-18-36)37(26-5-3-2-4-6-26)30(38)34-23-9-7-22(31)8-10-23;;/h2-14,19-20,27,35H,15-18,21H2,1H3,(H,34,38);2*1H. The third-order valence-corrected chi connectivity index (χ3v) is 7.32. The van der Waals surface area contributed by atoms with Crippen LogP contribution in [0, 0.1) is 5.82 Å². The number of urea groups is 1. The molecule has 1 fully saturated rings. The zero-order valence-corrected chi connectivity index (χ0v) is 26.2. The van der Waals surface area contributed by atoms with E-state index >= 15 is 0 Å². The van der Waals surface area contributed by atoms with Gasteiger partial charge in [0.25, 0.3) is 0 Å². The highest BCUT2D eigenvalue weighted by Crippen LogP contribution is 2.26. The first-order valence-electron chi connectivity index (χ1n) is 13.4. The van der Waals surface area contributed by atoms with Gasteiger partial charge in [-0.25, -0.2) is 22.6 Å². The molecule has 10 nitrogen and oxygen atoms in total. The van der Waals surface area contributed by atoms with Crippen molar-refractivity contribution in [3.8, 4) is 11.6 Å². The average Bonchev–Trinajstić information content (AvgIpc) is 2.97. The Labute approximate surface area is 268 Å². The van der Waals surface area contributed by atoms with Gasteiger partial charge in [0.2, 0.25) is 15.9 Å². The van der Waals surface area contributed by atoms with E-state index in [0.29, 0.717) is 29.5 Å². The summed E-state index contributed by atoms with van der Waals surface area (Å²) in [7, 11) is -3.35. The van der Waals surface area contributed by atoms with Gasteiger partial charge in [0, 0.05) is 42.7 Å². The van der Waals surface area contributed by atoms with Crippen molar-refractivity contribution in [2.75, 3.05) is 34.3 Å². The molecule has 0 unspecified atom stereocenters. The van der Waals surface area contributed by atoms with Crippen molar-refractivity contribution >= 4 is 57.9 Å². The number of benzene rings is 3. The fraction of sp³-hybridized carbons (Fsp3) is 0.233. The molecule has 0 aliphatic carbocycles. The number of halogens is 3. The summed E-state index contributed by atoms with van der Waals surface area (Å²) in [5, 5.41) is 2.90. The molecule has 1 aliphatic rings. The quantitative estimate of drug-likeness (QED) is 0.215. The maximum absolute atomic E-state index is 13.4. The van der Waals surface area contributed by atoms with Gasteiger partial charge in [-0.2, -0.15) is 0 Å². The molecule has 2 heterocycles. The zero-order valence-electron chi connectivity index (χ0n) is 23.8. The van der Waals surface area contributed by atoms with Gasteiger partial charge in [0.15, 0.2) is 0 Å². The molecule has 2 amide bonds. The number of piperidine rings is 1. The number of nitrogens with one attached hydrogen (secondary N) is 2. The Morgan fingerprint density at radius 2 is 1.57 bits per heavy atom. The topological polar surface area (TPSA) is 117 Å². The molecule has 2 N–H and O–H groups in total. The molecule has 0 spiro atoms. The van der Waals surface area contributed by atoms with E-state index in [2.05, 4.69) is 24.9 Å². The van der Waals surface area contributed by atoms with E-state index in [-0.39, 0.29) is 42.7 Å². The molecule has 1 saturated heterocycles. The number of aromatic nitrogens is 2. The molecule has 0 radical (unpaired) electrons. The van der Waals surface area contributed by atoms with E-state index in [1.165, 1.54) is 12.1 Å². The minimum Gasteiger partial charge on any atom is -0.438 e. The number of likely N-dealkylation sites (tertiary alicyclic amines) is 1. The third-order valence-electron chi connectivity index (χ3n) is 6.72. The van der Waals surface area contributed by atoms with Gasteiger partial charge in [0.05, 0.1) is 24.3 Å². The number of carbonyl (C=O) groups is 1. The van der Waals surface area contributed by atoms with Gasteiger partial charge in [0.1, 0.15) is 11.6 Å². The zero-order chi connectivity index (χ0) is 29.5. The van der Waals surface area contributed by atoms with Gasteiger partial charge in [-0.3, -0.25) is 19.5 Å². The third kappa shape index (κ3) is 9.78. The minimum absolute atomic E-state index is 0. The lowest BCUT2D eigenvalue weighted by atomic mass is 10.0. The van der Waals surface area contributed by atoms with Gasteiger partial charge < -0.3 is 10.1 Å². The van der Waals surface area contributed by atoms with Crippen molar-refractivity contribution in [3.05, 3.63) is 103 Å². The maximum Gasteiger partial charge on any atom is 0.326 e. The van der Waals surface area contributed by atoms with Crippen LogP contribution in [0.1, 0.15) is 18.5 Å². The minimum atomic E-state index is -3.35. The number of nitrogens with zero attached hydrogens (tertiary/aromatic N) is 4. The van der Waals surface area contributed by atoms with Gasteiger partial charge in [-0.15, -0.1) is 24.8 Å².